The third-order valence-corrected chi connectivity index (χ3v) is 4.90. The maximum Gasteiger partial charge on any atom is 0.327 e. The van der Waals surface area contributed by atoms with E-state index in [9.17, 15) is 9.00 Å². The first-order valence-corrected chi connectivity index (χ1v) is 9.16. The van der Waals surface area contributed by atoms with E-state index in [4.69, 9.17) is 4.74 Å². The number of hydrogen-bond donors (Lipinski definition) is 3. The van der Waals surface area contributed by atoms with Gasteiger partial charge in [0.1, 0.15) is 11.4 Å². The summed E-state index contributed by atoms with van der Waals surface area (Å²) in [6.45, 7) is 6.24. The summed E-state index contributed by atoms with van der Waals surface area (Å²) in [7, 11) is -1.44. The van der Waals surface area contributed by atoms with E-state index in [2.05, 4.69) is 42.1 Å². The highest BCUT2D eigenvalue weighted by atomic mass is 32.2. The Balaban J connectivity index is 2.14. The van der Waals surface area contributed by atoms with Crippen LogP contribution < -0.4 is 16.4 Å². The molecule has 1 aromatic carbocycles. The van der Waals surface area contributed by atoms with E-state index in [-0.39, 0.29) is 6.61 Å². The molecule has 0 bridgehead atoms. The minimum Gasteiger partial charge on any atom is -0.465 e. The van der Waals surface area contributed by atoms with Crippen molar-refractivity contribution >= 4 is 16.8 Å². The molecule has 1 heterocycles. The molecular weight excluding hydrogens is 326 g/mol. The first-order valence-electron chi connectivity index (χ1n) is 7.95. The molecular formula is C17H23N3O3S. The molecule has 0 amide bonds. The van der Waals surface area contributed by atoms with Crippen molar-refractivity contribution in [2.75, 3.05) is 6.61 Å². The summed E-state index contributed by atoms with van der Waals surface area (Å²) >= 11 is 0. The number of carbonyl (C=O) groups excluding carboxylic acids is 1. The van der Waals surface area contributed by atoms with Crippen LogP contribution >= 0.6 is 0 Å². The minimum atomic E-state index is -1.44. The molecule has 3 unspecified atom stereocenters. The van der Waals surface area contributed by atoms with Gasteiger partial charge < -0.3 is 4.74 Å². The maximum atomic E-state index is 12.8. The number of esters is 1. The van der Waals surface area contributed by atoms with Gasteiger partial charge in [-0.3, -0.25) is 9.00 Å². The molecule has 1 aromatic rings. The summed E-state index contributed by atoms with van der Waals surface area (Å²) in [4.78, 5) is 12.6. The van der Waals surface area contributed by atoms with Crippen molar-refractivity contribution in [3.05, 3.63) is 29.8 Å². The van der Waals surface area contributed by atoms with Crippen LogP contribution in [0.5, 0.6) is 0 Å². The highest BCUT2D eigenvalue weighted by Gasteiger charge is 2.38. The van der Waals surface area contributed by atoms with Crippen LogP contribution in [-0.4, -0.2) is 28.2 Å². The zero-order valence-electron chi connectivity index (χ0n) is 14.1. The van der Waals surface area contributed by atoms with Gasteiger partial charge in [0.05, 0.1) is 17.4 Å². The Bertz CT molecular complexity index is 667. The van der Waals surface area contributed by atoms with Crippen LogP contribution in [0, 0.1) is 17.8 Å². The quantitative estimate of drug-likeness (QED) is 0.545. The van der Waals surface area contributed by atoms with Crippen molar-refractivity contribution in [2.24, 2.45) is 5.92 Å². The van der Waals surface area contributed by atoms with E-state index in [1.54, 1.807) is 19.1 Å². The van der Waals surface area contributed by atoms with E-state index in [1.807, 2.05) is 12.1 Å². The summed E-state index contributed by atoms with van der Waals surface area (Å²) in [5.41, 5.74) is 9.04. The van der Waals surface area contributed by atoms with Gasteiger partial charge >= 0.3 is 5.97 Å². The number of carbonyl (C=O) groups is 1. The molecule has 3 N–H and O–H groups in total. The number of ether oxygens (including phenoxy) is 1. The van der Waals surface area contributed by atoms with Gasteiger partial charge in [-0.1, -0.05) is 31.8 Å². The highest BCUT2D eigenvalue weighted by molar-refractivity contribution is 7.85. The van der Waals surface area contributed by atoms with E-state index in [1.165, 1.54) is 0 Å². The number of rotatable bonds is 5. The summed E-state index contributed by atoms with van der Waals surface area (Å²) < 4.78 is 17.8. The third kappa shape index (κ3) is 4.89. The summed E-state index contributed by atoms with van der Waals surface area (Å²) in [6.07, 6.45) is 0.816. The van der Waals surface area contributed by atoms with Crippen LogP contribution in [0.1, 0.15) is 32.8 Å². The summed E-state index contributed by atoms with van der Waals surface area (Å²) in [5, 5.41) is -0.622. The molecule has 1 aliphatic heterocycles. The predicted octanol–water partition coefficient (Wildman–Crippen LogP) is 1.06. The molecule has 1 fully saturated rings. The minimum absolute atomic E-state index is 0.275. The topological polar surface area (TPSA) is 79.5 Å². The second-order valence-electron chi connectivity index (χ2n) is 5.79. The zero-order chi connectivity index (χ0) is 17.5. The lowest BCUT2D eigenvalue weighted by molar-refractivity contribution is -0.145. The van der Waals surface area contributed by atoms with Crippen LogP contribution in [0.15, 0.2) is 29.2 Å². The van der Waals surface area contributed by atoms with E-state index in [0.717, 1.165) is 12.0 Å². The smallest absolute Gasteiger partial charge is 0.327 e. The van der Waals surface area contributed by atoms with Gasteiger partial charge in [-0.15, -0.1) is 0 Å². The van der Waals surface area contributed by atoms with Crippen LogP contribution in [0.25, 0.3) is 0 Å². The van der Waals surface area contributed by atoms with Crippen molar-refractivity contribution in [3.63, 3.8) is 0 Å². The van der Waals surface area contributed by atoms with E-state index < -0.39 is 28.2 Å². The second-order valence-corrected chi connectivity index (χ2v) is 7.36. The van der Waals surface area contributed by atoms with Crippen LogP contribution in [0.4, 0.5) is 0 Å². The lowest BCUT2D eigenvalue weighted by Gasteiger charge is -2.16. The lowest BCUT2D eigenvalue weighted by atomic mass is 10.1. The van der Waals surface area contributed by atoms with Crippen LogP contribution in [0.3, 0.4) is 0 Å². The normalized spacial score (nSPS) is 21.2. The Kier molecular flexibility index (Phi) is 6.94. The number of nitrogens with one attached hydrogen (secondary N) is 3. The van der Waals surface area contributed by atoms with Gasteiger partial charge in [0.25, 0.3) is 0 Å². The maximum absolute atomic E-state index is 12.8. The monoisotopic (exact) mass is 349 g/mol. The molecule has 2 rings (SSSR count). The van der Waals surface area contributed by atoms with Gasteiger partial charge in [0, 0.05) is 16.9 Å². The first-order chi connectivity index (χ1) is 11.5. The molecule has 0 aromatic heterocycles. The fourth-order valence-corrected chi connectivity index (χ4v) is 3.49. The molecule has 0 radical (unpaired) electrons. The summed E-state index contributed by atoms with van der Waals surface area (Å²) in [6, 6.07) is 6.55. The molecule has 1 saturated heterocycles. The molecule has 7 heteroatoms. The zero-order valence-corrected chi connectivity index (χ0v) is 14.9. The van der Waals surface area contributed by atoms with E-state index in [0.29, 0.717) is 10.8 Å². The molecule has 24 heavy (non-hydrogen) atoms. The lowest BCUT2D eigenvalue weighted by Crippen LogP contribution is -2.44. The summed E-state index contributed by atoms with van der Waals surface area (Å²) in [5.74, 6) is 6.28. The van der Waals surface area contributed by atoms with Crippen LogP contribution in [0.2, 0.25) is 0 Å². The van der Waals surface area contributed by atoms with Gasteiger partial charge in [-0.2, -0.15) is 5.53 Å². The van der Waals surface area contributed by atoms with Crippen molar-refractivity contribution in [3.8, 4) is 11.8 Å². The number of benzene rings is 1. The highest BCUT2D eigenvalue weighted by Crippen LogP contribution is 2.16. The van der Waals surface area contributed by atoms with E-state index >= 15 is 0 Å². The van der Waals surface area contributed by atoms with Crippen molar-refractivity contribution in [1.82, 2.24) is 16.4 Å². The van der Waals surface area contributed by atoms with Gasteiger partial charge in [-0.05, 0) is 31.0 Å². The SMILES string of the molecule is CCOC(=O)C1NNNC1S(=O)c1cccc(C#CCC(C)C)c1. The molecule has 130 valence electrons. The van der Waals surface area contributed by atoms with Gasteiger partial charge in [0.15, 0.2) is 0 Å². The standard InChI is InChI=1S/C17H23N3O3S/c1-4-23-17(21)15-16(19-20-18-15)24(22)14-10-6-9-13(11-14)8-5-7-12(2)3/h6,9-12,15-16,18-20H,4,7H2,1-3H3. The molecule has 0 saturated carbocycles. The van der Waals surface area contributed by atoms with Crippen molar-refractivity contribution in [1.29, 1.82) is 0 Å². The van der Waals surface area contributed by atoms with Crippen molar-refractivity contribution < 1.29 is 13.7 Å². The molecule has 3 atom stereocenters. The fourth-order valence-electron chi connectivity index (χ4n) is 2.14. The molecule has 0 aliphatic carbocycles. The molecule has 1 aliphatic rings. The average molecular weight is 349 g/mol. The molecule has 6 nitrogen and oxygen atoms in total. The van der Waals surface area contributed by atoms with Gasteiger partial charge in [-0.25, -0.2) is 10.9 Å². The Morgan fingerprint density at radius 3 is 2.88 bits per heavy atom. The second kappa shape index (κ2) is 8.94. The van der Waals surface area contributed by atoms with Crippen molar-refractivity contribution in [2.45, 2.75) is 43.5 Å². The fraction of sp³-hybridized carbons (Fsp3) is 0.471. The molecule has 0 spiro atoms. The predicted molar refractivity (Wildman–Crippen MR) is 92.8 cm³/mol. The average Bonchev–Trinajstić information content (AvgIpc) is 3.04. The third-order valence-electron chi connectivity index (χ3n) is 3.33. The Hall–Kier alpha value is -1.72. The largest absolute Gasteiger partial charge is 0.465 e. The Morgan fingerprint density at radius 2 is 2.17 bits per heavy atom. The van der Waals surface area contributed by atoms with Gasteiger partial charge in [0.2, 0.25) is 0 Å². The first kappa shape index (κ1) is 18.6. The van der Waals surface area contributed by atoms with Crippen LogP contribution in [-0.2, 0) is 20.3 Å². The Labute approximate surface area is 145 Å². The number of hydrogen-bond acceptors (Lipinski definition) is 6. The number of hydrazine groups is 2. The Morgan fingerprint density at radius 1 is 1.38 bits per heavy atom.